The fourth-order valence-corrected chi connectivity index (χ4v) is 4.90. The Morgan fingerprint density at radius 1 is 1.22 bits per heavy atom. The van der Waals surface area contributed by atoms with Crippen LogP contribution in [0.4, 0.5) is 24.5 Å². The fourth-order valence-electron chi connectivity index (χ4n) is 2.90. The van der Waals surface area contributed by atoms with E-state index >= 15 is 0 Å². The summed E-state index contributed by atoms with van der Waals surface area (Å²) in [4.78, 5) is 23.2. The van der Waals surface area contributed by atoms with E-state index in [1.807, 2.05) is 0 Å². The summed E-state index contributed by atoms with van der Waals surface area (Å²) < 4.78 is 63.6. The zero-order chi connectivity index (χ0) is 20.4. The molecule has 2 atom stereocenters. The van der Waals surface area contributed by atoms with Gasteiger partial charge in [0.25, 0.3) is 5.69 Å². The third-order valence-corrected chi connectivity index (χ3v) is 6.43. The molecule has 1 aliphatic rings. The van der Waals surface area contributed by atoms with E-state index in [0.717, 1.165) is 24.3 Å². The molecule has 0 aromatic heterocycles. The van der Waals surface area contributed by atoms with Crippen molar-refractivity contribution in [2.75, 3.05) is 18.1 Å². The van der Waals surface area contributed by atoms with Gasteiger partial charge in [-0.1, -0.05) is 0 Å². The number of nitrogens with zero attached hydrogens (tertiary/aromatic N) is 2. The van der Waals surface area contributed by atoms with Crippen LogP contribution in [-0.4, -0.2) is 41.9 Å². The lowest BCUT2D eigenvalue weighted by atomic mass is 10.2. The minimum Gasteiger partial charge on any atom is -0.308 e. The molecule has 27 heavy (non-hydrogen) atoms. The largest absolute Gasteiger partial charge is 0.409 e. The van der Waals surface area contributed by atoms with Gasteiger partial charge in [0.1, 0.15) is 11.7 Å². The van der Waals surface area contributed by atoms with Crippen LogP contribution in [0.5, 0.6) is 0 Å². The van der Waals surface area contributed by atoms with Gasteiger partial charge in [0.05, 0.1) is 18.1 Å². The van der Waals surface area contributed by atoms with E-state index in [0.29, 0.717) is 4.90 Å². The maximum absolute atomic E-state index is 13.5. The molecule has 1 fully saturated rings. The van der Waals surface area contributed by atoms with Gasteiger partial charge in [-0.3, -0.25) is 24.4 Å². The molecule has 150 valence electrons. The van der Waals surface area contributed by atoms with E-state index in [2.05, 4.69) is 0 Å². The van der Waals surface area contributed by atoms with Crippen LogP contribution in [0.2, 0.25) is 0 Å². The minimum absolute atomic E-state index is 0.102. The van der Waals surface area contributed by atoms with Crippen LogP contribution in [0, 0.1) is 10.1 Å². The molecule has 1 heterocycles. The molecule has 1 aromatic carbocycles. The standard InChI is InChI=1S/C15H18F3N2O6P/c1-3-25-27(24,26-4-2)12-9-13(15(16,17)18)19(14(12)21)10-5-7-11(8-6-10)20(22)23/h5-8,12-13H,3-4,9H2,1-2H3. The summed E-state index contributed by atoms with van der Waals surface area (Å²) in [5.74, 6) is -1.06. The highest BCUT2D eigenvalue weighted by Gasteiger charge is 2.59. The average molecular weight is 410 g/mol. The predicted octanol–water partition coefficient (Wildman–Crippen LogP) is 3.90. The van der Waals surface area contributed by atoms with Gasteiger partial charge < -0.3 is 9.05 Å². The monoisotopic (exact) mass is 410 g/mol. The van der Waals surface area contributed by atoms with Crippen LogP contribution in [0.1, 0.15) is 20.3 Å². The van der Waals surface area contributed by atoms with Crippen LogP contribution in [0.15, 0.2) is 24.3 Å². The van der Waals surface area contributed by atoms with Crippen molar-refractivity contribution in [1.82, 2.24) is 0 Å². The molecule has 1 aromatic rings. The fraction of sp³-hybridized carbons (Fsp3) is 0.533. The Labute approximate surface area is 152 Å². The summed E-state index contributed by atoms with van der Waals surface area (Å²) in [5.41, 5.74) is -2.13. The molecule has 1 aliphatic heterocycles. The van der Waals surface area contributed by atoms with E-state index in [1.54, 1.807) is 0 Å². The number of carbonyl (C=O) groups excluding carboxylic acids is 1. The third-order valence-electron chi connectivity index (χ3n) is 4.00. The van der Waals surface area contributed by atoms with Crippen LogP contribution in [-0.2, 0) is 18.4 Å². The summed E-state index contributed by atoms with van der Waals surface area (Å²) in [5, 5.41) is 10.7. The highest BCUT2D eigenvalue weighted by Crippen LogP contribution is 2.58. The number of rotatable bonds is 7. The number of carbonyl (C=O) groups is 1. The maximum atomic E-state index is 13.5. The first kappa shape index (κ1) is 21.3. The summed E-state index contributed by atoms with van der Waals surface area (Å²) >= 11 is 0. The lowest BCUT2D eigenvalue weighted by Crippen LogP contribution is -2.43. The molecule has 2 rings (SSSR count). The number of hydrogen-bond donors (Lipinski definition) is 0. The van der Waals surface area contributed by atoms with Crippen molar-refractivity contribution >= 4 is 24.9 Å². The number of anilines is 1. The third kappa shape index (κ3) is 4.31. The Morgan fingerprint density at radius 2 is 1.74 bits per heavy atom. The normalized spacial score (nSPS) is 20.9. The zero-order valence-electron chi connectivity index (χ0n) is 14.5. The summed E-state index contributed by atoms with van der Waals surface area (Å²) in [6.45, 7) is 2.77. The molecule has 0 spiro atoms. The summed E-state index contributed by atoms with van der Waals surface area (Å²) in [7, 11) is -4.11. The second-order valence-corrected chi connectivity index (χ2v) is 7.89. The van der Waals surface area contributed by atoms with Crippen molar-refractivity contribution < 1.29 is 36.5 Å². The molecule has 0 bridgehead atoms. The van der Waals surface area contributed by atoms with E-state index in [-0.39, 0.29) is 24.6 Å². The molecular weight excluding hydrogens is 392 g/mol. The molecular formula is C15H18F3N2O6P. The number of hydrogen-bond acceptors (Lipinski definition) is 6. The van der Waals surface area contributed by atoms with E-state index in [4.69, 9.17) is 9.05 Å². The number of halogens is 3. The van der Waals surface area contributed by atoms with Crippen molar-refractivity contribution in [1.29, 1.82) is 0 Å². The Morgan fingerprint density at radius 3 is 2.15 bits per heavy atom. The van der Waals surface area contributed by atoms with Gasteiger partial charge in [0.15, 0.2) is 0 Å². The van der Waals surface area contributed by atoms with Crippen LogP contribution >= 0.6 is 7.60 Å². The molecule has 8 nitrogen and oxygen atoms in total. The predicted molar refractivity (Wildman–Crippen MR) is 89.7 cm³/mol. The minimum atomic E-state index is -4.80. The topological polar surface area (TPSA) is 99.0 Å². The molecule has 1 saturated heterocycles. The SMILES string of the molecule is CCOP(=O)(OCC)C1CC(C(F)(F)F)N(c2ccc([N+](=O)[O-])cc2)C1=O. The summed E-state index contributed by atoms with van der Waals surface area (Å²) in [6, 6.07) is 1.83. The van der Waals surface area contributed by atoms with E-state index < -0.39 is 42.7 Å². The quantitative estimate of drug-likeness (QED) is 0.384. The van der Waals surface area contributed by atoms with Crippen LogP contribution in [0.25, 0.3) is 0 Å². The number of benzene rings is 1. The van der Waals surface area contributed by atoms with Gasteiger partial charge in [0.2, 0.25) is 5.91 Å². The van der Waals surface area contributed by atoms with Crippen LogP contribution < -0.4 is 4.90 Å². The number of nitro benzene ring substituents is 1. The molecule has 0 radical (unpaired) electrons. The van der Waals surface area contributed by atoms with Crippen molar-refractivity contribution in [2.45, 2.75) is 38.1 Å². The van der Waals surface area contributed by atoms with Gasteiger partial charge in [-0.15, -0.1) is 0 Å². The van der Waals surface area contributed by atoms with Crippen molar-refractivity contribution in [3.8, 4) is 0 Å². The van der Waals surface area contributed by atoms with Gasteiger partial charge in [-0.25, -0.2) is 0 Å². The van der Waals surface area contributed by atoms with E-state index in [1.165, 1.54) is 13.8 Å². The first-order valence-electron chi connectivity index (χ1n) is 8.08. The van der Waals surface area contributed by atoms with Crippen LogP contribution in [0.3, 0.4) is 0 Å². The molecule has 2 unspecified atom stereocenters. The number of nitro groups is 1. The first-order chi connectivity index (χ1) is 12.5. The smallest absolute Gasteiger partial charge is 0.308 e. The maximum Gasteiger partial charge on any atom is 0.409 e. The molecule has 0 aliphatic carbocycles. The van der Waals surface area contributed by atoms with Crippen molar-refractivity contribution in [2.24, 2.45) is 0 Å². The lowest BCUT2D eigenvalue weighted by Gasteiger charge is -2.26. The van der Waals surface area contributed by atoms with Gasteiger partial charge in [-0.2, -0.15) is 13.2 Å². The zero-order valence-corrected chi connectivity index (χ0v) is 15.4. The Hall–Kier alpha value is -1.97. The average Bonchev–Trinajstić information content (AvgIpc) is 2.93. The van der Waals surface area contributed by atoms with Crippen molar-refractivity contribution in [3.63, 3.8) is 0 Å². The second kappa shape index (κ2) is 7.95. The van der Waals surface area contributed by atoms with Gasteiger partial charge in [-0.05, 0) is 26.0 Å². The Kier molecular flexibility index (Phi) is 6.28. The Balaban J connectivity index is 2.46. The van der Waals surface area contributed by atoms with Crippen molar-refractivity contribution in [3.05, 3.63) is 34.4 Å². The lowest BCUT2D eigenvalue weighted by molar-refractivity contribution is -0.384. The molecule has 0 N–H and O–H groups in total. The van der Waals surface area contributed by atoms with E-state index in [9.17, 15) is 32.6 Å². The van der Waals surface area contributed by atoms with Gasteiger partial charge in [0, 0.05) is 24.2 Å². The van der Waals surface area contributed by atoms with Gasteiger partial charge >= 0.3 is 13.8 Å². The number of amides is 1. The Bertz CT molecular complexity index is 745. The number of non-ortho nitro benzene ring substituents is 1. The summed E-state index contributed by atoms with van der Waals surface area (Å²) in [6.07, 6.45) is -5.59. The highest BCUT2D eigenvalue weighted by molar-refractivity contribution is 7.55. The second-order valence-electron chi connectivity index (χ2n) is 5.67. The molecule has 12 heteroatoms. The highest BCUT2D eigenvalue weighted by atomic mass is 31.2. The molecule has 1 amide bonds. The molecule has 0 saturated carbocycles. The first-order valence-corrected chi connectivity index (χ1v) is 9.69. The number of alkyl halides is 3.